The third kappa shape index (κ3) is 4.32. The number of nitrogens with one attached hydrogen (secondary N) is 1. The van der Waals surface area contributed by atoms with Gasteiger partial charge in [0.2, 0.25) is 0 Å². The third-order valence-corrected chi connectivity index (χ3v) is 4.91. The number of urea groups is 1. The Hall–Kier alpha value is -2.77. The van der Waals surface area contributed by atoms with Crippen molar-refractivity contribution in [1.29, 1.82) is 0 Å². The van der Waals surface area contributed by atoms with Crippen LogP contribution in [-0.4, -0.2) is 55.2 Å². The van der Waals surface area contributed by atoms with Crippen LogP contribution in [0, 0.1) is 0 Å². The third-order valence-electron chi connectivity index (χ3n) is 4.91. The average molecular weight is 376 g/mol. The molecule has 1 saturated carbocycles. The van der Waals surface area contributed by atoms with E-state index in [-0.39, 0.29) is 25.7 Å². The number of benzene rings is 1. The van der Waals surface area contributed by atoms with Crippen LogP contribution in [0.4, 0.5) is 4.79 Å². The van der Waals surface area contributed by atoms with Crippen LogP contribution in [0.1, 0.15) is 32.1 Å². The molecule has 2 aliphatic rings. The monoisotopic (exact) mass is 376 g/mol. The lowest BCUT2D eigenvalue weighted by molar-refractivity contribution is -0.148. The van der Waals surface area contributed by atoms with Gasteiger partial charge in [-0.3, -0.25) is 14.5 Å². The molecule has 27 heavy (non-hydrogen) atoms. The number of nitrogens with zero attached hydrogens (tertiary/aromatic N) is 1. The van der Waals surface area contributed by atoms with Crippen molar-refractivity contribution in [3.05, 3.63) is 24.3 Å². The highest BCUT2D eigenvalue weighted by Crippen LogP contribution is 2.33. The molecule has 0 bridgehead atoms. The molecule has 1 aromatic carbocycles. The van der Waals surface area contributed by atoms with Gasteiger partial charge in [0.25, 0.3) is 5.91 Å². The van der Waals surface area contributed by atoms with Gasteiger partial charge >= 0.3 is 12.0 Å². The molecule has 0 atom stereocenters. The van der Waals surface area contributed by atoms with E-state index in [9.17, 15) is 14.4 Å². The fourth-order valence-electron chi connectivity index (χ4n) is 3.48. The van der Waals surface area contributed by atoms with Gasteiger partial charge in [-0.1, -0.05) is 19.3 Å². The minimum atomic E-state index is -0.826. The summed E-state index contributed by atoms with van der Waals surface area (Å²) in [5, 5.41) is 2.77. The number of ether oxygens (including phenoxy) is 3. The number of hydrogen-bond acceptors (Lipinski definition) is 6. The van der Waals surface area contributed by atoms with Crippen molar-refractivity contribution >= 4 is 17.9 Å². The van der Waals surface area contributed by atoms with E-state index in [0.717, 1.165) is 29.9 Å². The smallest absolute Gasteiger partial charge is 0.326 e. The van der Waals surface area contributed by atoms with E-state index in [1.165, 1.54) is 0 Å². The Balaban J connectivity index is 1.42. The quantitative estimate of drug-likeness (QED) is 0.444. The van der Waals surface area contributed by atoms with Crippen LogP contribution in [0.3, 0.4) is 0 Å². The molecule has 8 heteroatoms. The number of carbonyl (C=O) groups excluding carboxylic acids is 3. The highest BCUT2D eigenvalue weighted by molar-refractivity contribution is 6.08. The molecule has 0 radical (unpaired) electrons. The van der Waals surface area contributed by atoms with Gasteiger partial charge in [-0.2, -0.15) is 0 Å². The van der Waals surface area contributed by atoms with Gasteiger partial charge in [0.15, 0.2) is 0 Å². The van der Waals surface area contributed by atoms with E-state index in [1.54, 1.807) is 31.4 Å². The summed E-state index contributed by atoms with van der Waals surface area (Å²) < 4.78 is 15.6. The highest BCUT2D eigenvalue weighted by atomic mass is 16.6. The SMILES string of the molecule is COc1ccc(OCCOC(=O)CN2C(=O)NC3(CCCCC3)C2=O)cc1. The first kappa shape index (κ1) is 19.0. The maximum absolute atomic E-state index is 12.6. The fraction of sp³-hybridized carbons (Fsp3) is 0.526. The van der Waals surface area contributed by atoms with Crippen LogP contribution in [-0.2, 0) is 14.3 Å². The number of rotatable bonds is 7. The van der Waals surface area contributed by atoms with Crippen LogP contribution in [0.25, 0.3) is 0 Å². The Bertz CT molecular complexity index is 697. The van der Waals surface area contributed by atoms with E-state index in [0.29, 0.717) is 18.6 Å². The number of imide groups is 1. The Morgan fingerprint density at radius 3 is 2.41 bits per heavy atom. The molecule has 146 valence electrons. The van der Waals surface area contributed by atoms with E-state index >= 15 is 0 Å². The molecule has 1 spiro atoms. The van der Waals surface area contributed by atoms with Crippen LogP contribution in [0.5, 0.6) is 11.5 Å². The molecule has 1 saturated heterocycles. The normalized spacial score (nSPS) is 18.3. The molecule has 8 nitrogen and oxygen atoms in total. The Labute approximate surface area is 157 Å². The second-order valence-corrected chi connectivity index (χ2v) is 6.71. The predicted octanol–water partition coefficient (Wildman–Crippen LogP) is 1.87. The summed E-state index contributed by atoms with van der Waals surface area (Å²) in [6.07, 6.45) is 4.10. The maximum atomic E-state index is 12.6. The van der Waals surface area contributed by atoms with Crippen LogP contribution >= 0.6 is 0 Å². The van der Waals surface area contributed by atoms with Crippen LogP contribution < -0.4 is 14.8 Å². The van der Waals surface area contributed by atoms with Gasteiger partial charge in [-0.25, -0.2) is 4.79 Å². The Morgan fingerprint density at radius 1 is 1.07 bits per heavy atom. The van der Waals surface area contributed by atoms with Crippen molar-refractivity contribution in [3.8, 4) is 11.5 Å². The molecular weight excluding hydrogens is 352 g/mol. The van der Waals surface area contributed by atoms with E-state index < -0.39 is 17.5 Å². The highest BCUT2D eigenvalue weighted by Gasteiger charge is 2.51. The summed E-state index contributed by atoms with van der Waals surface area (Å²) >= 11 is 0. The van der Waals surface area contributed by atoms with E-state index in [2.05, 4.69) is 5.32 Å². The van der Waals surface area contributed by atoms with Gasteiger partial charge in [-0.15, -0.1) is 0 Å². The molecule has 1 N–H and O–H groups in total. The minimum Gasteiger partial charge on any atom is -0.497 e. The molecule has 2 fully saturated rings. The molecule has 1 aliphatic carbocycles. The van der Waals surface area contributed by atoms with Crippen molar-refractivity contribution in [2.75, 3.05) is 26.9 Å². The summed E-state index contributed by atoms with van der Waals surface area (Å²) in [5.41, 5.74) is -0.826. The number of methoxy groups -OCH3 is 1. The van der Waals surface area contributed by atoms with Gasteiger partial charge in [0.05, 0.1) is 7.11 Å². The first-order chi connectivity index (χ1) is 13.0. The molecule has 1 aliphatic heterocycles. The lowest BCUT2D eigenvalue weighted by Crippen LogP contribution is -2.48. The lowest BCUT2D eigenvalue weighted by Gasteiger charge is -2.30. The molecule has 1 heterocycles. The van der Waals surface area contributed by atoms with Gasteiger partial charge < -0.3 is 19.5 Å². The van der Waals surface area contributed by atoms with Gasteiger partial charge in [0, 0.05) is 0 Å². The number of amides is 3. The summed E-state index contributed by atoms with van der Waals surface area (Å²) in [5.74, 6) is 0.390. The van der Waals surface area contributed by atoms with Crippen molar-refractivity contribution < 1.29 is 28.6 Å². The zero-order valence-corrected chi connectivity index (χ0v) is 15.4. The molecular formula is C19H24N2O6. The number of hydrogen-bond donors (Lipinski definition) is 1. The van der Waals surface area contributed by atoms with Crippen molar-refractivity contribution in [2.24, 2.45) is 0 Å². The van der Waals surface area contributed by atoms with Crippen molar-refractivity contribution in [1.82, 2.24) is 10.2 Å². The fourth-order valence-corrected chi connectivity index (χ4v) is 3.48. The standard InChI is InChI=1S/C19H24N2O6/c1-25-14-5-7-15(8-6-14)26-11-12-27-16(22)13-21-17(23)19(20-18(21)24)9-3-2-4-10-19/h5-8H,2-4,9-13H2,1H3,(H,20,24). The zero-order chi connectivity index (χ0) is 19.3. The van der Waals surface area contributed by atoms with Gasteiger partial charge in [-0.05, 0) is 37.1 Å². The van der Waals surface area contributed by atoms with Crippen LogP contribution in [0.2, 0.25) is 0 Å². The van der Waals surface area contributed by atoms with E-state index in [4.69, 9.17) is 14.2 Å². The molecule has 3 amide bonds. The van der Waals surface area contributed by atoms with Crippen LogP contribution in [0.15, 0.2) is 24.3 Å². The summed E-state index contributed by atoms with van der Waals surface area (Å²) in [6, 6.07) is 6.50. The first-order valence-corrected chi connectivity index (χ1v) is 9.11. The molecule has 1 aromatic rings. The number of carbonyl (C=O) groups is 3. The molecule has 3 rings (SSSR count). The summed E-state index contributed by atoms with van der Waals surface area (Å²) in [4.78, 5) is 37.7. The maximum Gasteiger partial charge on any atom is 0.326 e. The predicted molar refractivity (Wildman–Crippen MR) is 95.5 cm³/mol. The van der Waals surface area contributed by atoms with Gasteiger partial charge in [0.1, 0.15) is 36.8 Å². The number of esters is 1. The average Bonchev–Trinajstić information content (AvgIpc) is 2.90. The summed E-state index contributed by atoms with van der Waals surface area (Å²) in [6.45, 7) is -0.184. The van der Waals surface area contributed by atoms with Crippen molar-refractivity contribution in [3.63, 3.8) is 0 Å². The first-order valence-electron chi connectivity index (χ1n) is 9.11. The summed E-state index contributed by atoms with van der Waals surface area (Å²) in [7, 11) is 1.58. The second-order valence-electron chi connectivity index (χ2n) is 6.71. The topological polar surface area (TPSA) is 94.2 Å². The largest absolute Gasteiger partial charge is 0.497 e. The second kappa shape index (κ2) is 8.28. The molecule has 0 aromatic heterocycles. The van der Waals surface area contributed by atoms with E-state index in [1.807, 2.05) is 0 Å². The Morgan fingerprint density at radius 2 is 1.74 bits per heavy atom. The minimum absolute atomic E-state index is 0.0274. The zero-order valence-electron chi connectivity index (χ0n) is 15.4. The van der Waals surface area contributed by atoms with Crippen molar-refractivity contribution in [2.45, 2.75) is 37.6 Å². The Kier molecular flexibility index (Phi) is 5.83. The lowest BCUT2D eigenvalue weighted by atomic mass is 9.82. The molecule has 0 unspecified atom stereocenters.